The summed E-state index contributed by atoms with van der Waals surface area (Å²) in [5.74, 6) is 7.32. The number of aliphatic imine (C=N–C) groups is 1. The number of allylic oxidation sites excluding steroid dienone is 2. The number of hydrogen-bond donors (Lipinski definition) is 1. The zero-order valence-electron chi connectivity index (χ0n) is 15.9. The zero-order valence-corrected chi connectivity index (χ0v) is 16.8. The normalized spacial score (nSPS) is 16.7. The standard InChI is InChI=1S/C21H28FN3S/c1-4-7-17-15-18(24-21(17)23-3)8-9-19-10-11-20(26-19)16-25(13-5-2)14-6-12-22/h7,10-11,15H,4-6,12-14,16H2,1-3H3,(H,23,24)/b17-7-. The van der Waals surface area contributed by atoms with Gasteiger partial charge in [-0.2, -0.15) is 0 Å². The van der Waals surface area contributed by atoms with Crippen LogP contribution in [-0.4, -0.2) is 37.5 Å². The van der Waals surface area contributed by atoms with E-state index in [1.807, 2.05) is 6.08 Å². The van der Waals surface area contributed by atoms with Crippen molar-refractivity contribution in [1.82, 2.24) is 10.2 Å². The molecule has 0 spiro atoms. The van der Waals surface area contributed by atoms with E-state index >= 15 is 0 Å². The average Bonchev–Trinajstić information content (AvgIpc) is 3.25. The second-order valence-electron chi connectivity index (χ2n) is 6.16. The lowest BCUT2D eigenvalue weighted by molar-refractivity contribution is 0.253. The number of nitrogens with zero attached hydrogens (tertiary/aromatic N) is 2. The van der Waals surface area contributed by atoms with Gasteiger partial charge in [-0.05, 0) is 55.9 Å². The van der Waals surface area contributed by atoms with E-state index in [-0.39, 0.29) is 6.67 Å². The Hall–Kier alpha value is -1.90. The maximum Gasteiger partial charge on any atom is 0.132 e. The number of nitrogens with one attached hydrogen (secondary N) is 1. The van der Waals surface area contributed by atoms with Crippen molar-refractivity contribution in [1.29, 1.82) is 0 Å². The van der Waals surface area contributed by atoms with Crippen LogP contribution in [0.3, 0.4) is 0 Å². The van der Waals surface area contributed by atoms with Gasteiger partial charge in [-0.25, -0.2) is 0 Å². The Morgan fingerprint density at radius 1 is 1.27 bits per heavy atom. The number of rotatable bonds is 8. The van der Waals surface area contributed by atoms with Crippen molar-refractivity contribution in [2.45, 2.75) is 39.7 Å². The first kappa shape index (κ1) is 20.4. The highest BCUT2D eigenvalue weighted by molar-refractivity contribution is 7.12. The molecule has 0 radical (unpaired) electrons. The highest BCUT2D eigenvalue weighted by Gasteiger charge is 2.13. The lowest BCUT2D eigenvalue weighted by Crippen LogP contribution is -2.25. The van der Waals surface area contributed by atoms with Gasteiger partial charge in [0, 0.05) is 30.6 Å². The van der Waals surface area contributed by atoms with Crippen molar-refractivity contribution in [3.05, 3.63) is 45.3 Å². The molecule has 0 saturated heterocycles. The van der Waals surface area contributed by atoms with Crippen LogP contribution in [0.5, 0.6) is 0 Å². The molecule has 140 valence electrons. The van der Waals surface area contributed by atoms with Gasteiger partial charge in [-0.3, -0.25) is 14.3 Å². The fourth-order valence-electron chi connectivity index (χ4n) is 2.84. The summed E-state index contributed by atoms with van der Waals surface area (Å²) in [4.78, 5) is 8.90. The molecule has 1 aromatic rings. The lowest BCUT2D eigenvalue weighted by Gasteiger charge is -2.20. The molecule has 2 heterocycles. The zero-order chi connectivity index (χ0) is 18.8. The number of halogens is 1. The number of amidine groups is 1. The van der Waals surface area contributed by atoms with E-state index in [1.165, 1.54) is 4.88 Å². The Labute approximate surface area is 160 Å². The van der Waals surface area contributed by atoms with Gasteiger partial charge in [-0.1, -0.05) is 19.9 Å². The number of alkyl halides is 1. The van der Waals surface area contributed by atoms with Crippen molar-refractivity contribution in [3.8, 4) is 11.8 Å². The van der Waals surface area contributed by atoms with Gasteiger partial charge < -0.3 is 5.32 Å². The van der Waals surface area contributed by atoms with E-state index in [2.05, 4.69) is 59.1 Å². The van der Waals surface area contributed by atoms with Crippen LogP contribution in [0.2, 0.25) is 0 Å². The SMILES string of the molecule is CC/C=C1/C=C(C#Cc2ccc(CN(CCC)CCCF)s2)N/C1=N/C. The lowest BCUT2D eigenvalue weighted by atomic mass is 10.2. The maximum absolute atomic E-state index is 12.4. The first-order chi connectivity index (χ1) is 12.7. The van der Waals surface area contributed by atoms with Gasteiger partial charge in [0.2, 0.25) is 0 Å². The first-order valence-corrected chi connectivity index (χ1v) is 10.1. The minimum atomic E-state index is -0.249. The van der Waals surface area contributed by atoms with Crippen molar-refractivity contribution >= 4 is 17.2 Å². The van der Waals surface area contributed by atoms with Crippen molar-refractivity contribution in [2.24, 2.45) is 4.99 Å². The summed E-state index contributed by atoms with van der Waals surface area (Å²) in [6.07, 6.45) is 6.85. The Balaban J connectivity index is 2.02. The summed E-state index contributed by atoms with van der Waals surface area (Å²) in [7, 11) is 1.78. The molecule has 5 heteroatoms. The minimum Gasteiger partial charge on any atom is -0.333 e. The summed E-state index contributed by atoms with van der Waals surface area (Å²) in [5.41, 5.74) is 1.99. The Kier molecular flexibility index (Phi) is 8.60. The molecule has 1 aromatic heterocycles. The van der Waals surface area contributed by atoms with Crippen LogP contribution in [0.25, 0.3) is 0 Å². The van der Waals surface area contributed by atoms with Crippen LogP contribution in [0.4, 0.5) is 4.39 Å². The van der Waals surface area contributed by atoms with E-state index in [9.17, 15) is 4.39 Å². The third-order valence-electron chi connectivity index (χ3n) is 3.98. The smallest absolute Gasteiger partial charge is 0.132 e. The molecule has 0 atom stereocenters. The van der Waals surface area contributed by atoms with Gasteiger partial charge >= 0.3 is 0 Å². The molecule has 0 fully saturated rings. The molecule has 0 saturated carbocycles. The third kappa shape index (κ3) is 6.12. The topological polar surface area (TPSA) is 27.6 Å². The van der Waals surface area contributed by atoms with Gasteiger partial charge in [0.15, 0.2) is 0 Å². The molecular formula is C21H28FN3S. The molecule has 0 amide bonds. The molecule has 26 heavy (non-hydrogen) atoms. The number of thiophene rings is 1. The second kappa shape index (κ2) is 10.9. The van der Waals surface area contributed by atoms with E-state index in [4.69, 9.17) is 0 Å². The molecular weight excluding hydrogens is 345 g/mol. The highest BCUT2D eigenvalue weighted by atomic mass is 32.1. The van der Waals surface area contributed by atoms with Gasteiger partial charge in [0.05, 0.1) is 17.2 Å². The Morgan fingerprint density at radius 3 is 2.81 bits per heavy atom. The first-order valence-electron chi connectivity index (χ1n) is 9.25. The summed E-state index contributed by atoms with van der Waals surface area (Å²) in [6, 6.07) is 4.20. The summed E-state index contributed by atoms with van der Waals surface area (Å²) in [5, 5.41) is 3.25. The molecule has 1 aliphatic rings. The fraction of sp³-hybridized carbons (Fsp3) is 0.476. The Morgan fingerprint density at radius 2 is 2.12 bits per heavy atom. The summed E-state index contributed by atoms with van der Waals surface area (Å²) >= 11 is 1.71. The van der Waals surface area contributed by atoms with Crippen LogP contribution >= 0.6 is 11.3 Å². The van der Waals surface area contributed by atoms with Crippen LogP contribution in [0.15, 0.2) is 40.5 Å². The number of hydrogen-bond acceptors (Lipinski definition) is 3. The fourth-order valence-corrected chi connectivity index (χ4v) is 3.74. The monoisotopic (exact) mass is 373 g/mol. The molecule has 3 nitrogen and oxygen atoms in total. The van der Waals surface area contributed by atoms with E-state index in [1.54, 1.807) is 18.4 Å². The van der Waals surface area contributed by atoms with Crippen LogP contribution < -0.4 is 5.32 Å². The molecule has 1 N–H and O–H groups in total. The average molecular weight is 374 g/mol. The molecule has 2 rings (SSSR count). The van der Waals surface area contributed by atoms with E-state index in [0.29, 0.717) is 6.42 Å². The van der Waals surface area contributed by atoms with Gasteiger partial charge in [-0.15, -0.1) is 11.3 Å². The highest BCUT2D eigenvalue weighted by Crippen LogP contribution is 2.18. The largest absolute Gasteiger partial charge is 0.333 e. The second-order valence-corrected chi connectivity index (χ2v) is 7.33. The van der Waals surface area contributed by atoms with E-state index < -0.39 is 0 Å². The molecule has 0 bridgehead atoms. The predicted molar refractivity (Wildman–Crippen MR) is 110 cm³/mol. The van der Waals surface area contributed by atoms with Crippen LogP contribution in [0.1, 0.15) is 42.9 Å². The molecule has 1 aliphatic heterocycles. The molecule has 0 unspecified atom stereocenters. The quantitative estimate of drug-likeness (QED) is 0.678. The van der Waals surface area contributed by atoms with Crippen LogP contribution in [0, 0.1) is 11.8 Å². The summed E-state index contributed by atoms with van der Waals surface area (Å²) in [6.45, 7) is 6.71. The van der Waals surface area contributed by atoms with Gasteiger partial charge in [0.25, 0.3) is 0 Å². The summed E-state index contributed by atoms with van der Waals surface area (Å²) < 4.78 is 12.4. The predicted octanol–water partition coefficient (Wildman–Crippen LogP) is 4.52. The van der Waals surface area contributed by atoms with Crippen molar-refractivity contribution in [3.63, 3.8) is 0 Å². The third-order valence-corrected chi connectivity index (χ3v) is 4.97. The van der Waals surface area contributed by atoms with Gasteiger partial charge in [0.1, 0.15) is 5.84 Å². The minimum absolute atomic E-state index is 0.249. The van der Waals surface area contributed by atoms with E-state index in [0.717, 1.165) is 54.5 Å². The van der Waals surface area contributed by atoms with Crippen molar-refractivity contribution in [2.75, 3.05) is 26.8 Å². The van der Waals surface area contributed by atoms with Crippen LogP contribution in [-0.2, 0) is 6.54 Å². The Bertz CT molecular complexity index is 734. The molecule has 0 aliphatic carbocycles. The molecule has 0 aromatic carbocycles. The van der Waals surface area contributed by atoms with Crippen molar-refractivity contribution < 1.29 is 4.39 Å². The maximum atomic E-state index is 12.4.